The summed E-state index contributed by atoms with van der Waals surface area (Å²) in [7, 11) is 0. The average molecular weight is 523 g/mol. The van der Waals surface area contributed by atoms with Gasteiger partial charge in [0.05, 0.1) is 24.7 Å². The minimum Gasteiger partial charge on any atom is -0.383 e. The first kappa shape index (κ1) is 25.1. The van der Waals surface area contributed by atoms with Crippen LogP contribution in [0.25, 0.3) is 10.8 Å². The lowest BCUT2D eigenvalue weighted by Crippen LogP contribution is -2.51. The first-order valence-corrected chi connectivity index (χ1v) is 13.6. The third kappa shape index (κ3) is 5.11. The maximum Gasteiger partial charge on any atom is 0.254 e. The fourth-order valence-electron chi connectivity index (χ4n) is 6.15. The number of piperidine rings is 2. The number of aryl methyl sites for hydroxylation is 2. The van der Waals surface area contributed by atoms with Crippen LogP contribution in [0, 0.1) is 25.7 Å². The molecule has 0 spiro atoms. The van der Waals surface area contributed by atoms with Crippen LogP contribution in [0.1, 0.15) is 51.0 Å². The quantitative estimate of drug-likeness (QED) is 0.381. The molecule has 4 aromatic rings. The Morgan fingerprint density at radius 1 is 1.03 bits per heavy atom. The minimum atomic E-state index is -0.168. The Hall–Kier alpha value is -4.20. The molecule has 3 fully saturated rings. The molecule has 4 heterocycles. The molecule has 2 amide bonds. The number of hydrogen-bond acceptors (Lipinski definition) is 5. The number of nitrogen functional groups attached to an aromatic ring is 1. The van der Waals surface area contributed by atoms with Crippen molar-refractivity contribution in [3.8, 4) is 0 Å². The van der Waals surface area contributed by atoms with Gasteiger partial charge in [-0.3, -0.25) is 14.3 Å². The summed E-state index contributed by atoms with van der Waals surface area (Å²) in [6.07, 6.45) is 8.12. The van der Waals surface area contributed by atoms with Crippen molar-refractivity contribution in [3.63, 3.8) is 0 Å². The fourth-order valence-corrected chi connectivity index (χ4v) is 6.15. The number of amides is 2. The monoisotopic (exact) mass is 522 g/mol. The van der Waals surface area contributed by atoms with E-state index in [1.807, 2.05) is 55.1 Å². The zero-order valence-corrected chi connectivity index (χ0v) is 22.5. The maximum atomic E-state index is 12.9. The molecule has 39 heavy (non-hydrogen) atoms. The molecule has 8 nitrogen and oxygen atoms in total. The second kappa shape index (κ2) is 10.2. The van der Waals surface area contributed by atoms with Crippen molar-refractivity contribution in [3.05, 3.63) is 88.4 Å². The Morgan fingerprint density at radius 2 is 1.74 bits per heavy atom. The zero-order valence-electron chi connectivity index (χ0n) is 22.5. The van der Waals surface area contributed by atoms with E-state index in [1.54, 1.807) is 23.3 Å². The van der Waals surface area contributed by atoms with Crippen molar-refractivity contribution >= 4 is 28.4 Å². The Labute approximate surface area is 228 Å². The van der Waals surface area contributed by atoms with E-state index in [0.717, 1.165) is 63.5 Å². The highest BCUT2D eigenvalue weighted by molar-refractivity contribution is 5.95. The summed E-state index contributed by atoms with van der Waals surface area (Å²) < 4.78 is 1.76. The highest BCUT2D eigenvalue weighted by atomic mass is 16.2. The van der Waals surface area contributed by atoms with E-state index in [2.05, 4.69) is 15.4 Å². The highest BCUT2D eigenvalue weighted by Gasteiger charge is 2.38. The molecule has 0 unspecified atom stereocenters. The second-order valence-corrected chi connectivity index (χ2v) is 11.2. The average Bonchev–Trinajstić information content (AvgIpc) is 3.38. The molecule has 3 aliphatic rings. The molecular formula is C31H34N6O2. The van der Waals surface area contributed by atoms with E-state index < -0.39 is 0 Å². The van der Waals surface area contributed by atoms with Crippen molar-refractivity contribution < 1.29 is 9.59 Å². The number of aromatic nitrogens is 3. The summed E-state index contributed by atoms with van der Waals surface area (Å²) >= 11 is 0. The number of pyridine rings is 1. The smallest absolute Gasteiger partial charge is 0.254 e. The third-order valence-electron chi connectivity index (χ3n) is 8.40. The van der Waals surface area contributed by atoms with Gasteiger partial charge in [0.1, 0.15) is 5.82 Å². The molecule has 7 rings (SSSR count). The summed E-state index contributed by atoms with van der Waals surface area (Å²) in [5, 5.41) is 9.40. The molecular weight excluding hydrogens is 488 g/mol. The SMILES string of the molecule is Cc1cc2c(N)nccc2c(C)c1CNC(=O)c1cnn(Cc2ccc(CC(=O)N3CC4CC(C4)C3)cc2)c1. The van der Waals surface area contributed by atoms with Gasteiger partial charge in [0.25, 0.3) is 5.91 Å². The van der Waals surface area contributed by atoms with Crippen molar-refractivity contribution in [2.24, 2.45) is 11.8 Å². The number of anilines is 1. The van der Waals surface area contributed by atoms with Crippen LogP contribution in [-0.2, 0) is 24.3 Å². The lowest BCUT2D eigenvalue weighted by Gasteiger charge is -2.47. The van der Waals surface area contributed by atoms with Crippen molar-refractivity contribution in [1.82, 2.24) is 25.0 Å². The van der Waals surface area contributed by atoms with E-state index in [0.29, 0.717) is 30.9 Å². The predicted molar refractivity (Wildman–Crippen MR) is 151 cm³/mol. The summed E-state index contributed by atoms with van der Waals surface area (Å²) in [6, 6.07) is 12.1. The molecule has 1 saturated carbocycles. The van der Waals surface area contributed by atoms with Crippen LogP contribution >= 0.6 is 0 Å². The summed E-state index contributed by atoms with van der Waals surface area (Å²) in [4.78, 5) is 31.8. The molecule has 2 aromatic heterocycles. The molecule has 2 bridgehead atoms. The number of nitrogens with zero attached hydrogens (tertiary/aromatic N) is 4. The lowest BCUT2D eigenvalue weighted by atomic mass is 9.71. The Bertz CT molecular complexity index is 1540. The Kier molecular flexibility index (Phi) is 6.54. The van der Waals surface area contributed by atoms with E-state index in [-0.39, 0.29) is 11.8 Å². The number of nitrogens with two attached hydrogens (primary N) is 1. The number of fused-ring (bicyclic) bond motifs is 3. The maximum absolute atomic E-state index is 12.9. The highest BCUT2D eigenvalue weighted by Crippen LogP contribution is 2.39. The van der Waals surface area contributed by atoms with Crippen LogP contribution in [-0.4, -0.2) is 44.6 Å². The Morgan fingerprint density at radius 3 is 2.49 bits per heavy atom. The third-order valence-corrected chi connectivity index (χ3v) is 8.40. The topological polar surface area (TPSA) is 106 Å². The van der Waals surface area contributed by atoms with Crippen molar-refractivity contribution in [2.75, 3.05) is 18.8 Å². The van der Waals surface area contributed by atoms with Gasteiger partial charge >= 0.3 is 0 Å². The standard InChI is InChI=1S/C31H34N6O2/c1-19-9-27-26(7-8-33-30(27)32)20(2)28(19)14-34-31(39)25-13-35-37(18-25)17-22-5-3-21(4-6-22)12-29(38)36-15-23-10-24(11-23)16-36/h3-9,13,18,23-24H,10-12,14-17H2,1-2H3,(H2,32,33)(H,34,39). The van der Waals surface area contributed by atoms with Gasteiger partial charge in [-0.1, -0.05) is 24.3 Å². The molecule has 0 radical (unpaired) electrons. The van der Waals surface area contributed by atoms with Gasteiger partial charge in [-0.2, -0.15) is 5.10 Å². The van der Waals surface area contributed by atoms with Crippen LogP contribution < -0.4 is 11.1 Å². The van der Waals surface area contributed by atoms with Gasteiger partial charge < -0.3 is 16.0 Å². The van der Waals surface area contributed by atoms with Crippen LogP contribution in [0.3, 0.4) is 0 Å². The molecule has 2 saturated heterocycles. The molecule has 8 heteroatoms. The normalized spacial score (nSPS) is 18.2. The minimum absolute atomic E-state index is 0.168. The van der Waals surface area contributed by atoms with E-state index in [4.69, 9.17) is 5.73 Å². The summed E-state index contributed by atoms with van der Waals surface area (Å²) in [6.45, 7) is 6.89. The summed E-state index contributed by atoms with van der Waals surface area (Å²) in [5.74, 6) is 2.02. The van der Waals surface area contributed by atoms with Gasteiger partial charge in [0.15, 0.2) is 0 Å². The number of carbonyl (C=O) groups excluding carboxylic acids is 2. The molecule has 3 N–H and O–H groups in total. The second-order valence-electron chi connectivity index (χ2n) is 11.2. The predicted octanol–water partition coefficient (Wildman–Crippen LogP) is 4.02. The van der Waals surface area contributed by atoms with Crippen molar-refractivity contribution in [1.29, 1.82) is 0 Å². The number of rotatable bonds is 7. The first-order chi connectivity index (χ1) is 18.8. The number of carbonyl (C=O) groups is 2. The molecule has 200 valence electrons. The lowest BCUT2D eigenvalue weighted by molar-refractivity contribution is -0.136. The molecule has 2 aromatic carbocycles. The van der Waals surface area contributed by atoms with Crippen LogP contribution in [0.4, 0.5) is 5.82 Å². The van der Waals surface area contributed by atoms with Gasteiger partial charge in [0, 0.05) is 37.4 Å². The van der Waals surface area contributed by atoms with Gasteiger partial charge in [-0.25, -0.2) is 4.98 Å². The number of nitrogens with one attached hydrogen (secondary N) is 1. The fraction of sp³-hybridized carbons (Fsp3) is 0.355. The van der Waals surface area contributed by atoms with Crippen LogP contribution in [0.2, 0.25) is 0 Å². The molecule has 1 aliphatic carbocycles. The molecule has 0 atom stereocenters. The number of hydrogen-bond donors (Lipinski definition) is 2. The van der Waals surface area contributed by atoms with E-state index >= 15 is 0 Å². The van der Waals surface area contributed by atoms with Crippen LogP contribution in [0.5, 0.6) is 0 Å². The number of benzene rings is 2. The van der Waals surface area contributed by atoms with Crippen molar-refractivity contribution in [2.45, 2.75) is 46.2 Å². The first-order valence-electron chi connectivity index (χ1n) is 13.6. The Balaban J connectivity index is 1.05. The largest absolute Gasteiger partial charge is 0.383 e. The van der Waals surface area contributed by atoms with E-state index in [1.165, 1.54) is 12.8 Å². The van der Waals surface area contributed by atoms with Gasteiger partial charge in [-0.15, -0.1) is 0 Å². The van der Waals surface area contributed by atoms with Gasteiger partial charge in [0.2, 0.25) is 5.91 Å². The van der Waals surface area contributed by atoms with Crippen LogP contribution in [0.15, 0.2) is 55.0 Å². The molecule has 2 aliphatic heterocycles. The zero-order chi connectivity index (χ0) is 27.1. The summed E-state index contributed by atoms with van der Waals surface area (Å²) in [5.41, 5.74) is 11.9. The van der Waals surface area contributed by atoms with Gasteiger partial charge in [-0.05, 0) is 83.9 Å². The van der Waals surface area contributed by atoms with E-state index in [9.17, 15) is 9.59 Å².